The molecule has 9 heteroatoms. The molecule has 1 N–H and O–H groups in total. The van der Waals surface area contributed by atoms with Crippen molar-refractivity contribution in [3.8, 4) is 10.4 Å². The van der Waals surface area contributed by atoms with Crippen molar-refractivity contribution in [3.63, 3.8) is 0 Å². The van der Waals surface area contributed by atoms with E-state index in [9.17, 15) is 9.59 Å². The summed E-state index contributed by atoms with van der Waals surface area (Å²) in [5.41, 5.74) is 1.14. The molecule has 3 rings (SSSR count). The fourth-order valence-electron chi connectivity index (χ4n) is 2.26. The van der Waals surface area contributed by atoms with Crippen LogP contribution in [0.1, 0.15) is 27.1 Å². The highest BCUT2D eigenvalue weighted by Crippen LogP contribution is 2.39. The van der Waals surface area contributed by atoms with Gasteiger partial charge in [-0.15, -0.1) is 11.3 Å². The molecule has 0 unspecified atom stereocenters. The molecule has 0 saturated heterocycles. The Morgan fingerprint density at radius 3 is 2.70 bits per heavy atom. The van der Waals surface area contributed by atoms with Crippen LogP contribution in [0.25, 0.3) is 10.4 Å². The molecule has 0 aliphatic carbocycles. The average Bonchev–Trinajstić information content (AvgIpc) is 3.06. The highest BCUT2D eigenvalue weighted by Gasteiger charge is 2.21. The number of ether oxygens (including phenoxy) is 1. The lowest BCUT2D eigenvalue weighted by atomic mass is 10.2. The second-order valence-corrected chi connectivity index (χ2v) is 7.14. The lowest BCUT2D eigenvalue weighted by molar-refractivity contribution is 0.0533. The minimum atomic E-state index is -0.534. The molecular formula is C18H13Cl2N3O3S. The molecule has 138 valence electrons. The Morgan fingerprint density at radius 2 is 2.04 bits per heavy atom. The molecule has 1 aromatic carbocycles. The minimum absolute atomic E-state index is 0.129. The molecular weight excluding hydrogens is 409 g/mol. The lowest BCUT2D eigenvalue weighted by Gasteiger charge is -2.05. The van der Waals surface area contributed by atoms with Gasteiger partial charge in [0.25, 0.3) is 5.91 Å². The second-order valence-electron chi connectivity index (χ2n) is 5.24. The van der Waals surface area contributed by atoms with Gasteiger partial charge in [-0.05, 0) is 25.1 Å². The van der Waals surface area contributed by atoms with Gasteiger partial charge in [0.1, 0.15) is 10.6 Å². The number of carbonyl (C=O) groups is 2. The molecule has 0 fully saturated rings. The average molecular weight is 422 g/mol. The number of rotatable bonds is 5. The number of hydrogen-bond acceptors (Lipinski definition) is 6. The van der Waals surface area contributed by atoms with Crippen LogP contribution in [0.5, 0.6) is 0 Å². The van der Waals surface area contributed by atoms with Gasteiger partial charge in [-0.1, -0.05) is 29.3 Å². The zero-order valence-electron chi connectivity index (χ0n) is 14.0. The molecule has 0 aliphatic rings. The first kappa shape index (κ1) is 19.3. The molecule has 6 nitrogen and oxygen atoms in total. The monoisotopic (exact) mass is 421 g/mol. The van der Waals surface area contributed by atoms with Crippen LogP contribution >= 0.6 is 34.5 Å². The number of thiophene rings is 1. The standard InChI is InChI=1S/C18H13Cl2N3O3S/c1-2-26-18(25)16-13(23-17(24)14-9-21-5-6-22-14)8-15(27-16)11-4-3-10(19)7-12(11)20/h3-9H,2H2,1H3,(H,23,24). The molecule has 0 bridgehead atoms. The van der Waals surface area contributed by atoms with Crippen molar-refractivity contribution in [3.05, 3.63) is 63.5 Å². The Balaban J connectivity index is 1.99. The van der Waals surface area contributed by atoms with Crippen LogP contribution in [0.15, 0.2) is 42.9 Å². The molecule has 0 spiro atoms. The van der Waals surface area contributed by atoms with Crippen molar-refractivity contribution in [1.29, 1.82) is 0 Å². The van der Waals surface area contributed by atoms with Gasteiger partial charge < -0.3 is 10.1 Å². The van der Waals surface area contributed by atoms with Crippen LogP contribution in [0.4, 0.5) is 5.69 Å². The number of hydrogen-bond donors (Lipinski definition) is 1. The summed E-state index contributed by atoms with van der Waals surface area (Å²) in [6.45, 7) is 1.92. The van der Waals surface area contributed by atoms with E-state index in [-0.39, 0.29) is 17.2 Å². The van der Waals surface area contributed by atoms with Crippen LogP contribution in [0.2, 0.25) is 10.0 Å². The summed E-state index contributed by atoms with van der Waals surface area (Å²) in [6.07, 6.45) is 4.21. The first-order chi connectivity index (χ1) is 13.0. The number of benzene rings is 1. The molecule has 27 heavy (non-hydrogen) atoms. The van der Waals surface area contributed by atoms with Crippen molar-refractivity contribution in [2.45, 2.75) is 6.92 Å². The summed E-state index contributed by atoms with van der Waals surface area (Å²) in [7, 11) is 0. The fourth-order valence-corrected chi connectivity index (χ4v) is 3.87. The molecule has 0 aliphatic heterocycles. The van der Waals surface area contributed by atoms with Crippen molar-refractivity contribution in [2.24, 2.45) is 0 Å². The van der Waals surface area contributed by atoms with Gasteiger partial charge in [-0.3, -0.25) is 9.78 Å². The SMILES string of the molecule is CCOC(=O)c1sc(-c2ccc(Cl)cc2Cl)cc1NC(=O)c1cnccn1. The zero-order valence-corrected chi connectivity index (χ0v) is 16.4. The molecule has 1 amide bonds. The Morgan fingerprint density at radius 1 is 1.22 bits per heavy atom. The summed E-state index contributed by atoms with van der Waals surface area (Å²) in [5.74, 6) is -1.02. The van der Waals surface area contributed by atoms with Crippen LogP contribution in [0.3, 0.4) is 0 Å². The molecule has 0 atom stereocenters. The number of nitrogens with zero attached hydrogens (tertiary/aromatic N) is 2. The van der Waals surface area contributed by atoms with E-state index in [1.54, 1.807) is 31.2 Å². The van der Waals surface area contributed by atoms with Gasteiger partial charge in [0.05, 0.1) is 23.5 Å². The fraction of sp³-hybridized carbons (Fsp3) is 0.111. The first-order valence-corrected chi connectivity index (χ1v) is 9.40. The summed E-state index contributed by atoms with van der Waals surface area (Å²) < 4.78 is 5.09. The van der Waals surface area contributed by atoms with E-state index in [0.717, 1.165) is 0 Å². The number of esters is 1. The summed E-state index contributed by atoms with van der Waals surface area (Å²) in [6, 6.07) is 6.73. The van der Waals surface area contributed by atoms with E-state index < -0.39 is 11.9 Å². The molecule has 0 saturated carbocycles. The van der Waals surface area contributed by atoms with E-state index in [1.807, 2.05) is 0 Å². The Labute approximate surface area is 169 Å². The van der Waals surface area contributed by atoms with Crippen LogP contribution < -0.4 is 5.32 Å². The normalized spacial score (nSPS) is 10.5. The van der Waals surface area contributed by atoms with E-state index in [1.165, 1.54) is 29.9 Å². The lowest BCUT2D eigenvalue weighted by Crippen LogP contribution is -2.15. The van der Waals surface area contributed by atoms with Crippen LogP contribution in [-0.4, -0.2) is 28.5 Å². The minimum Gasteiger partial charge on any atom is -0.462 e. The number of amides is 1. The van der Waals surface area contributed by atoms with Gasteiger partial charge in [0.2, 0.25) is 0 Å². The summed E-state index contributed by atoms with van der Waals surface area (Å²) >= 11 is 13.4. The van der Waals surface area contributed by atoms with E-state index >= 15 is 0 Å². The van der Waals surface area contributed by atoms with Crippen LogP contribution in [0, 0.1) is 0 Å². The predicted molar refractivity (Wildman–Crippen MR) is 106 cm³/mol. The van der Waals surface area contributed by atoms with Crippen LogP contribution in [-0.2, 0) is 4.74 Å². The first-order valence-electron chi connectivity index (χ1n) is 7.83. The largest absolute Gasteiger partial charge is 0.462 e. The second kappa shape index (κ2) is 8.47. The van der Waals surface area contributed by atoms with E-state index in [4.69, 9.17) is 27.9 Å². The maximum atomic E-state index is 12.4. The van der Waals surface area contributed by atoms with Crippen molar-refractivity contribution >= 4 is 52.1 Å². The number of aromatic nitrogens is 2. The van der Waals surface area contributed by atoms with E-state index in [2.05, 4.69) is 15.3 Å². The molecule has 2 aromatic heterocycles. The summed E-state index contributed by atoms with van der Waals surface area (Å²) in [5, 5.41) is 3.62. The smallest absolute Gasteiger partial charge is 0.350 e. The number of halogens is 2. The Kier molecular flexibility index (Phi) is 6.05. The maximum absolute atomic E-state index is 12.4. The van der Waals surface area contributed by atoms with Crippen molar-refractivity contribution in [1.82, 2.24) is 9.97 Å². The highest BCUT2D eigenvalue weighted by atomic mass is 35.5. The predicted octanol–water partition coefficient (Wildman–Crippen LogP) is 4.94. The molecule has 2 heterocycles. The van der Waals surface area contributed by atoms with Gasteiger partial charge in [0, 0.05) is 27.9 Å². The number of carbonyl (C=O) groups excluding carboxylic acids is 2. The van der Waals surface area contributed by atoms with Gasteiger partial charge >= 0.3 is 5.97 Å². The third-order valence-corrected chi connectivity index (χ3v) is 5.13. The zero-order chi connectivity index (χ0) is 19.4. The third-order valence-electron chi connectivity index (χ3n) is 3.43. The third kappa shape index (κ3) is 4.44. The summed E-state index contributed by atoms with van der Waals surface area (Å²) in [4.78, 5) is 33.5. The Bertz CT molecular complexity index is 993. The topological polar surface area (TPSA) is 81.2 Å². The van der Waals surface area contributed by atoms with Crippen molar-refractivity contribution < 1.29 is 14.3 Å². The van der Waals surface area contributed by atoms with Gasteiger partial charge in [0.15, 0.2) is 0 Å². The van der Waals surface area contributed by atoms with Crippen molar-refractivity contribution in [2.75, 3.05) is 11.9 Å². The molecule has 0 radical (unpaired) electrons. The quantitative estimate of drug-likeness (QED) is 0.589. The Hall–Kier alpha value is -2.48. The number of anilines is 1. The molecule has 3 aromatic rings. The highest BCUT2D eigenvalue weighted by molar-refractivity contribution is 7.18. The van der Waals surface area contributed by atoms with E-state index in [0.29, 0.717) is 26.2 Å². The number of nitrogens with one attached hydrogen (secondary N) is 1. The van der Waals surface area contributed by atoms with Gasteiger partial charge in [-0.25, -0.2) is 9.78 Å². The van der Waals surface area contributed by atoms with Gasteiger partial charge in [-0.2, -0.15) is 0 Å². The maximum Gasteiger partial charge on any atom is 0.350 e.